The Labute approximate surface area is 150 Å². The zero-order valence-electron chi connectivity index (χ0n) is 15.6. The van der Waals surface area contributed by atoms with E-state index in [0.717, 1.165) is 38.5 Å². The summed E-state index contributed by atoms with van der Waals surface area (Å²) in [7, 11) is 0. The minimum absolute atomic E-state index is 0.0122. The van der Waals surface area contributed by atoms with Crippen molar-refractivity contribution in [2.45, 2.75) is 77.5 Å². The van der Waals surface area contributed by atoms with Crippen LogP contribution in [0.3, 0.4) is 0 Å². The van der Waals surface area contributed by atoms with Gasteiger partial charge in [0.15, 0.2) is 0 Å². The highest BCUT2D eigenvalue weighted by Gasteiger charge is 2.59. The molecule has 138 valence electrons. The van der Waals surface area contributed by atoms with E-state index in [9.17, 15) is 9.90 Å². The number of carbonyl (C=O) groups is 1. The average molecular weight is 345 g/mol. The van der Waals surface area contributed by atoms with E-state index in [4.69, 9.17) is 10.5 Å². The smallest absolute Gasteiger partial charge is 0.302 e. The molecule has 0 aromatic rings. The van der Waals surface area contributed by atoms with Gasteiger partial charge in [0.05, 0.1) is 6.10 Å². The summed E-state index contributed by atoms with van der Waals surface area (Å²) in [4.78, 5) is 11.5. The molecule has 3 saturated carbocycles. The highest BCUT2D eigenvalue weighted by molar-refractivity contribution is 5.66. The van der Waals surface area contributed by atoms with Crippen molar-refractivity contribution in [2.75, 3.05) is 0 Å². The van der Waals surface area contributed by atoms with Gasteiger partial charge in [-0.05, 0) is 61.2 Å². The van der Waals surface area contributed by atoms with Gasteiger partial charge in [0, 0.05) is 13.0 Å². The number of hydrogen-bond donors (Lipinski definition) is 2. The lowest BCUT2D eigenvalue weighted by molar-refractivity contribution is -0.147. The van der Waals surface area contributed by atoms with Crippen molar-refractivity contribution in [1.29, 1.82) is 0 Å². The molecule has 0 spiro atoms. The van der Waals surface area contributed by atoms with Gasteiger partial charge in [0.2, 0.25) is 0 Å². The number of aliphatic hydroxyl groups excluding tert-OH is 1. The molecule has 4 rings (SSSR count). The van der Waals surface area contributed by atoms with Crippen LogP contribution in [0, 0.1) is 22.7 Å². The third kappa shape index (κ3) is 2.44. The molecule has 4 aliphatic carbocycles. The molecular formula is C21H31NO3. The van der Waals surface area contributed by atoms with E-state index in [2.05, 4.69) is 26.0 Å². The predicted molar refractivity (Wildman–Crippen MR) is 96.6 cm³/mol. The van der Waals surface area contributed by atoms with Crippen LogP contribution in [0.1, 0.15) is 59.3 Å². The van der Waals surface area contributed by atoms with Crippen LogP contribution in [-0.4, -0.2) is 29.3 Å². The number of rotatable bonds is 1. The van der Waals surface area contributed by atoms with Crippen molar-refractivity contribution in [3.8, 4) is 0 Å². The molecule has 0 aromatic carbocycles. The zero-order valence-corrected chi connectivity index (χ0v) is 15.6. The van der Waals surface area contributed by atoms with Crippen molar-refractivity contribution in [2.24, 2.45) is 28.4 Å². The standard InChI is InChI=1S/C21H31NO3/c1-12(23)25-18-11-17-15-5-4-13-10-14(24)6-8-20(13,2)16(15)7-9-21(17,3)19(18)22/h4-5,14,16-19,24H,6-11,22H2,1-3H3/t14-,16-,17-,18+,19-,20-,21-/m0/s1. The number of carbonyl (C=O) groups excluding carboxylic acids is 1. The van der Waals surface area contributed by atoms with Gasteiger partial charge in [-0.15, -0.1) is 0 Å². The second-order valence-corrected chi connectivity index (χ2v) is 9.23. The molecule has 0 amide bonds. The zero-order chi connectivity index (χ0) is 18.0. The summed E-state index contributed by atoms with van der Waals surface area (Å²) in [5.74, 6) is 0.709. The van der Waals surface area contributed by atoms with Crippen molar-refractivity contribution in [3.63, 3.8) is 0 Å². The van der Waals surface area contributed by atoms with Crippen LogP contribution < -0.4 is 5.73 Å². The van der Waals surface area contributed by atoms with E-state index in [1.807, 2.05) is 0 Å². The van der Waals surface area contributed by atoms with Crippen molar-refractivity contribution in [1.82, 2.24) is 0 Å². The molecule has 3 N–H and O–H groups in total. The summed E-state index contributed by atoms with van der Waals surface area (Å²) in [5.41, 5.74) is 9.69. The molecule has 4 heteroatoms. The molecule has 0 aliphatic heterocycles. The fraction of sp³-hybridized carbons (Fsp3) is 0.762. The lowest BCUT2D eigenvalue weighted by Gasteiger charge is -2.54. The number of esters is 1. The third-order valence-corrected chi connectivity index (χ3v) is 7.95. The minimum Gasteiger partial charge on any atom is -0.461 e. The van der Waals surface area contributed by atoms with E-state index in [0.29, 0.717) is 11.8 Å². The third-order valence-electron chi connectivity index (χ3n) is 7.95. The second-order valence-electron chi connectivity index (χ2n) is 9.23. The average Bonchev–Trinajstić information content (AvgIpc) is 2.79. The Morgan fingerprint density at radius 2 is 2.00 bits per heavy atom. The molecule has 0 saturated heterocycles. The fourth-order valence-electron chi connectivity index (χ4n) is 6.35. The predicted octanol–water partition coefficient (Wildman–Crippen LogP) is 3.10. The SMILES string of the molecule is CC(=O)O[C@@H]1C[C@H]2C3=CC=C4C[C@@H](O)CC[C@]4(C)[C@H]3CC[C@]2(C)[C@H]1N. The Morgan fingerprint density at radius 3 is 2.72 bits per heavy atom. The van der Waals surface area contributed by atoms with Gasteiger partial charge < -0.3 is 15.6 Å². The van der Waals surface area contributed by atoms with Crippen LogP contribution in [0.2, 0.25) is 0 Å². The van der Waals surface area contributed by atoms with Gasteiger partial charge in [-0.2, -0.15) is 0 Å². The van der Waals surface area contributed by atoms with E-state index in [-0.39, 0.29) is 35.0 Å². The maximum Gasteiger partial charge on any atom is 0.302 e. The van der Waals surface area contributed by atoms with Gasteiger partial charge in [-0.25, -0.2) is 0 Å². The van der Waals surface area contributed by atoms with Gasteiger partial charge in [-0.3, -0.25) is 4.79 Å². The molecule has 0 heterocycles. The molecule has 0 bridgehead atoms. The second kappa shape index (κ2) is 5.68. The summed E-state index contributed by atoms with van der Waals surface area (Å²) < 4.78 is 5.57. The van der Waals surface area contributed by atoms with E-state index in [1.54, 1.807) is 0 Å². The Bertz CT molecular complexity index is 654. The maximum absolute atomic E-state index is 11.5. The normalized spacial score (nSPS) is 48.6. The van der Waals surface area contributed by atoms with Gasteiger partial charge >= 0.3 is 5.97 Å². The fourth-order valence-corrected chi connectivity index (χ4v) is 6.35. The number of hydrogen-bond acceptors (Lipinski definition) is 4. The lowest BCUT2D eigenvalue weighted by atomic mass is 9.51. The summed E-state index contributed by atoms with van der Waals surface area (Å²) in [6, 6.07) is -0.0883. The monoisotopic (exact) mass is 345 g/mol. The lowest BCUT2D eigenvalue weighted by Crippen LogP contribution is -2.50. The highest BCUT2D eigenvalue weighted by Crippen LogP contribution is 2.63. The van der Waals surface area contributed by atoms with Crippen LogP contribution in [0.4, 0.5) is 0 Å². The Morgan fingerprint density at radius 1 is 1.24 bits per heavy atom. The Balaban J connectivity index is 1.68. The number of ether oxygens (including phenoxy) is 1. The molecule has 7 atom stereocenters. The summed E-state index contributed by atoms with van der Waals surface area (Å²) in [6.45, 7) is 6.15. The van der Waals surface area contributed by atoms with E-state index >= 15 is 0 Å². The molecule has 3 fully saturated rings. The van der Waals surface area contributed by atoms with Crippen LogP contribution in [-0.2, 0) is 9.53 Å². The van der Waals surface area contributed by atoms with Crippen LogP contribution in [0.5, 0.6) is 0 Å². The number of aliphatic hydroxyl groups is 1. The number of allylic oxidation sites excluding steroid dienone is 3. The first-order valence-electron chi connectivity index (χ1n) is 9.77. The topological polar surface area (TPSA) is 72.5 Å². The Kier molecular flexibility index (Phi) is 3.93. The molecule has 25 heavy (non-hydrogen) atoms. The van der Waals surface area contributed by atoms with Crippen molar-refractivity contribution >= 4 is 5.97 Å². The summed E-state index contributed by atoms with van der Waals surface area (Å²) in [6.07, 6.45) is 10.1. The largest absolute Gasteiger partial charge is 0.461 e. The molecule has 0 aromatic heterocycles. The molecule has 0 radical (unpaired) electrons. The first-order chi connectivity index (χ1) is 11.8. The van der Waals surface area contributed by atoms with Gasteiger partial charge in [0.1, 0.15) is 6.10 Å². The van der Waals surface area contributed by atoms with Crippen molar-refractivity contribution < 1.29 is 14.6 Å². The quantitative estimate of drug-likeness (QED) is 0.716. The van der Waals surface area contributed by atoms with Crippen LogP contribution in [0.15, 0.2) is 23.3 Å². The molecule has 0 unspecified atom stereocenters. The van der Waals surface area contributed by atoms with Gasteiger partial charge in [0.25, 0.3) is 0 Å². The molecule has 4 aliphatic rings. The number of fused-ring (bicyclic) bond motifs is 5. The summed E-state index contributed by atoms with van der Waals surface area (Å²) in [5, 5.41) is 10.1. The number of nitrogens with two attached hydrogens (primary N) is 1. The Hall–Kier alpha value is -1.13. The van der Waals surface area contributed by atoms with E-state index in [1.165, 1.54) is 18.1 Å². The van der Waals surface area contributed by atoms with E-state index < -0.39 is 0 Å². The van der Waals surface area contributed by atoms with Crippen molar-refractivity contribution in [3.05, 3.63) is 23.3 Å². The van der Waals surface area contributed by atoms with Crippen LogP contribution in [0.25, 0.3) is 0 Å². The van der Waals surface area contributed by atoms with Gasteiger partial charge in [-0.1, -0.05) is 37.1 Å². The first-order valence-corrected chi connectivity index (χ1v) is 9.77. The highest BCUT2D eigenvalue weighted by atomic mass is 16.5. The molecular weight excluding hydrogens is 314 g/mol. The molecule has 4 nitrogen and oxygen atoms in total. The van der Waals surface area contributed by atoms with Crippen LogP contribution >= 0.6 is 0 Å². The maximum atomic E-state index is 11.5. The minimum atomic E-state index is -0.229. The first kappa shape index (κ1) is 17.3. The summed E-state index contributed by atoms with van der Waals surface area (Å²) >= 11 is 0.